The van der Waals surface area contributed by atoms with Crippen LogP contribution in [0.4, 0.5) is 0 Å². The van der Waals surface area contributed by atoms with Crippen molar-refractivity contribution in [2.45, 2.75) is 19.9 Å². The molecule has 0 fully saturated rings. The van der Waals surface area contributed by atoms with E-state index < -0.39 is 0 Å². The van der Waals surface area contributed by atoms with Crippen LogP contribution in [0.2, 0.25) is 0 Å². The summed E-state index contributed by atoms with van der Waals surface area (Å²) in [5.74, 6) is -0.0761. The number of amides is 1. The molecule has 0 aliphatic rings. The van der Waals surface area contributed by atoms with E-state index in [0.717, 1.165) is 6.54 Å². The number of pyridine rings is 1. The summed E-state index contributed by atoms with van der Waals surface area (Å²) in [4.78, 5) is 15.5. The third-order valence-corrected chi connectivity index (χ3v) is 2.05. The molecule has 0 unspecified atom stereocenters. The molecule has 1 aromatic rings. The maximum Gasteiger partial charge on any atom is 0.252 e. The quantitative estimate of drug-likeness (QED) is 0.751. The topological polar surface area (TPSA) is 54.0 Å². The van der Waals surface area contributed by atoms with E-state index in [1.54, 1.807) is 24.5 Å². The van der Waals surface area contributed by atoms with E-state index in [4.69, 9.17) is 0 Å². The molecule has 1 heterocycles. The van der Waals surface area contributed by atoms with Gasteiger partial charge in [0.15, 0.2) is 0 Å². The predicted octanol–water partition coefficient (Wildman–Crippen LogP) is 0.809. The Morgan fingerprint density at radius 3 is 3.00 bits per heavy atom. The Labute approximate surface area is 90.1 Å². The average Bonchev–Trinajstić information content (AvgIpc) is 2.27. The maximum absolute atomic E-state index is 11.6. The molecule has 2 N–H and O–H groups in total. The fourth-order valence-corrected chi connectivity index (χ4v) is 1.27. The summed E-state index contributed by atoms with van der Waals surface area (Å²) in [6.07, 6.45) is 3.21. The first-order valence-electron chi connectivity index (χ1n) is 5.15. The average molecular weight is 207 g/mol. The van der Waals surface area contributed by atoms with E-state index in [9.17, 15) is 4.79 Å². The first kappa shape index (κ1) is 11.7. The van der Waals surface area contributed by atoms with Crippen LogP contribution in [0.5, 0.6) is 0 Å². The van der Waals surface area contributed by atoms with Crippen LogP contribution in [0.15, 0.2) is 24.5 Å². The molecule has 0 aliphatic carbocycles. The number of nitrogens with one attached hydrogen (secondary N) is 2. The highest BCUT2D eigenvalue weighted by molar-refractivity contribution is 5.93. The van der Waals surface area contributed by atoms with Gasteiger partial charge in [-0.3, -0.25) is 9.78 Å². The molecule has 0 aliphatic heterocycles. The summed E-state index contributed by atoms with van der Waals surface area (Å²) in [6.45, 7) is 5.61. The molecule has 4 nitrogen and oxygen atoms in total. The smallest absolute Gasteiger partial charge is 0.252 e. The highest BCUT2D eigenvalue weighted by Gasteiger charge is 2.06. The number of likely N-dealkylation sites (N-methyl/N-ethyl adjacent to an activating group) is 1. The SMILES string of the molecule is CCN[C@H](C)CNC(=O)c1cccnc1. The van der Waals surface area contributed by atoms with Gasteiger partial charge in [-0.1, -0.05) is 6.92 Å². The molecule has 1 amide bonds. The molecule has 0 saturated carbocycles. The van der Waals surface area contributed by atoms with E-state index >= 15 is 0 Å². The summed E-state index contributed by atoms with van der Waals surface area (Å²) in [5, 5.41) is 6.06. The van der Waals surface area contributed by atoms with Gasteiger partial charge < -0.3 is 10.6 Å². The van der Waals surface area contributed by atoms with Crippen LogP contribution >= 0.6 is 0 Å². The number of carbonyl (C=O) groups excluding carboxylic acids is 1. The van der Waals surface area contributed by atoms with Gasteiger partial charge in [-0.25, -0.2) is 0 Å². The minimum Gasteiger partial charge on any atom is -0.350 e. The molecule has 1 rings (SSSR count). The van der Waals surface area contributed by atoms with Crippen LogP contribution < -0.4 is 10.6 Å². The van der Waals surface area contributed by atoms with E-state index in [2.05, 4.69) is 15.6 Å². The summed E-state index contributed by atoms with van der Waals surface area (Å²) in [5.41, 5.74) is 0.598. The molecule has 15 heavy (non-hydrogen) atoms. The monoisotopic (exact) mass is 207 g/mol. The van der Waals surface area contributed by atoms with Crippen molar-refractivity contribution >= 4 is 5.91 Å². The van der Waals surface area contributed by atoms with Gasteiger partial charge in [0, 0.05) is 25.0 Å². The van der Waals surface area contributed by atoms with Crippen LogP contribution in [-0.2, 0) is 0 Å². The van der Waals surface area contributed by atoms with E-state index in [1.165, 1.54) is 0 Å². The Morgan fingerprint density at radius 1 is 1.60 bits per heavy atom. The fourth-order valence-electron chi connectivity index (χ4n) is 1.27. The van der Waals surface area contributed by atoms with E-state index in [0.29, 0.717) is 12.1 Å². The number of hydrogen-bond acceptors (Lipinski definition) is 3. The zero-order chi connectivity index (χ0) is 11.1. The molecule has 82 valence electrons. The Morgan fingerprint density at radius 2 is 2.40 bits per heavy atom. The molecule has 0 radical (unpaired) electrons. The van der Waals surface area contributed by atoms with Crippen LogP contribution in [0.1, 0.15) is 24.2 Å². The zero-order valence-corrected chi connectivity index (χ0v) is 9.16. The first-order chi connectivity index (χ1) is 7.24. The lowest BCUT2D eigenvalue weighted by atomic mass is 10.2. The Bertz CT molecular complexity index is 300. The molecule has 1 atom stereocenters. The molecule has 0 saturated heterocycles. The molecular weight excluding hydrogens is 190 g/mol. The molecule has 0 aromatic carbocycles. The summed E-state index contributed by atoms with van der Waals surface area (Å²) in [7, 11) is 0. The Hall–Kier alpha value is -1.42. The molecule has 4 heteroatoms. The standard InChI is InChI=1S/C11H17N3O/c1-3-13-9(2)7-14-11(15)10-5-4-6-12-8-10/h4-6,8-9,13H,3,7H2,1-2H3,(H,14,15)/t9-/m1/s1. The van der Waals surface area contributed by atoms with E-state index in [-0.39, 0.29) is 11.9 Å². The zero-order valence-electron chi connectivity index (χ0n) is 9.16. The van der Waals surface area contributed by atoms with Gasteiger partial charge >= 0.3 is 0 Å². The van der Waals surface area contributed by atoms with Crippen molar-refractivity contribution in [2.75, 3.05) is 13.1 Å². The number of carbonyl (C=O) groups is 1. The van der Waals surface area contributed by atoms with Crippen molar-refractivity contribution in [2.24, 2.45) is 0 Å². The van der Waals surface area contributed by atoms with Crippen molar-refractivity contribution in [3.63, 3.8) is 0 Å². The molecular formula is C11H17N3O. The number of hydrogen-bond donors (Lipinski definition) is 2. The van der Waals surface area contributed by atoms with Crippen molar-refractivity contribution in [3.05, 3.63) is 30.1 Å². The lowest BCUT2D eigenvalue weighted by Crippen LogP contribution is -2.38. The molecule has 0 bridgehead atoms. The van der Waals surface area contributed by atoms with E-state index in [1.807, 2.05) is 13.8 Å². The largest absolute Gasteiger partial charge is 0.350 e. The Kier molecular flexibility index (Phi) is 4.77. The summed E-state index contributed by atoms with van der Waals surface area (Å²) >= 11 is 0. The maximum atomic E-state index is 11.6. The van der Waals surface area contributed by atoms with Gasteiger partial charge in [0.25, 0.3) is 5.91 Å². The third kappa shape index (κ3) is 4.08. The van der Waals surface area contributed by atoms with Crippen LogP contribution in [-0.4, -0.2) is 30.0 Å². The Balaban J connectivity index is 2.37. The van der Waals surface area contributed by atoms with Crippen molar-refractivity contribution in [3.8, 4) is 0 Å². The first-order valence-corrected chi connectivity index (χ1v) is 5.15. The van der Waals surface area contributed by atoms with Gasteiger partial charge in [0.2, 0.25) is 0 Å². The predicted molar refractivity (Wildman–Crippen MR) is 59.7 cm³/mol. The second-order valence-corrected chi connectivity index (χ2v) is 3.41. The number of rotatable bonds is 5. The summed E-state index contributed by atoms with van der Waals surface area (Å²) in [6, 6.07) is 3.79. The minimum absolute atomic E-state index is 0.0761. The van der Waals surface area contributed by atoms with Crippen molar-refractivity contribution in [1.82, 2.24) is 15.6 Å². The van der Waals surface area contributed by atoms with Crippen molar-refractivity contribution in [1.29, 1.82) is 0 Å². The highest BCUT2D eigenvalue weighted by Crippen LogP contribution is 1.94. The van der Waals surface area contributed by atoms with Gasteiger partial charge in [0.1, 0.15) is 0 Å². The van der Waals surface area contributed by atoms with Gasteiger partial charge in [-0.15, -0.1) is 0 Å². The minimum atomic E-state index is -0.0761. The summed E-state index contributed by atoms with van der Waals surface area (Å²) < 4.78 is 0. The van der Waals surface area contributed by atoms with Crippen LogP contribution in [0.3, 0.4) is 0 Å². The van der Waals surface area contributed by atoms with Crippen LogP contribution in [0, 0.1) is 0 Å². The van der Waals surface area contributed by atoms with Gasteiger partial charge in [-0.05, 0) is 25.6 Å². The van der Waals surface area contributed by atoms with Gasteiger partial charge in [0.05, 0.1) is 5.56 Å². The lowest BCUT2D eigenvalue weighted by Gasteiger charge is -2.12. The number of aromatic nitrogens is 1. The normalized spacial score (nSPS) is 12.1. The highest BCUT2D eigenvalue weighted by atomic mass is 16.1. The second-order valence-electron chi connectivity index (χ2n) is 3.41. The molecule has 0 spiro atoms. The lowest BCUT2D eigenvalue weighted by molar-refractivity contribution is 0.0950. The molecule has 1 aromatic heterocycles. The number of nitrogens with zero attached hydrogens (tertiary/aromatic N) is 1. The van der Waals surface area contributed by atoms with Crippen molar-refractivity contribution < 1.29 is 4.79 Å². The fraction of sp³-hybridized carbons (Fsp3) is 0.455. The second kappa shape index (κ2) is 6.14. The third-order valence-electron chi connectivity index (χ3n) is 2.05. The van der Waals surface area contributed by atoms with Crippen LogP contribution in [0.25, 0.3) is 0 Å². The van der Waals surface area contributed by atoms with Gasteiger partial charge in [-0.2, -0.15) is 0 Å².